The average Bonchev–Trinajstić information content (AvgIpc) is 3.01. The van der Waals surface area contributed by atoms with E-state index in [1.54, 1.807) is 18.2 Å². The van der Waals surface area contributed by atoms with E-state index in [-0.39, 0.29) is 27.8 Å². The van der Waals surface area contributed by atoms with Gasteiger partial charge >= 0.3 is 0 Å². The van der Waals surface area contributed by atoms with Crippen LogP contribution in [-0.4, -0.2) is 22.5 Å². The van der Waals surface area contributed by atoms with Gasteiger partial charge in [0.15, 0.2) is 0 Å². The first-order chi connectivity index (χ1) is 22.3. The van der Waals surface area contributed by atoms with Crippen molar-refractivity contribution in [1.29, 1.82) is 0 Å². The lowest BCUT2D eigenvalue weighted by atomic mass is 9.72. The highest BCUT2D eigenvalue weighted by atomic mass is 16.6. The Labute approximate surface area is 278 Å². The van der Waals surface area contributed by atoms with Crippen LogP contribution in [0.4, 0.5) is 11.4 Å². The van der Waals surface area contributed by atoms with Crippen LogP contribution in [0.5, 0.6) is 23.0 Å². The van der Waals surface area contributed by atoms with E-state index in [1.165, 1.54) is 56.0 Å². The van der Waals surface area contributed by atoms with Crippen LogP contribution in [0.15, 0.2) is 72.8 Å². The first-order valence-corrected chi connectivity index (χ1v) is 16.5. The Morgan fingerprint density at radius 1 is 0.851 bits per heavy atom. The summed E-state index contributed by atoms with van der Waals surface area (Å²) in [6, 6.07) is 20.3. The average molecular weight is 641 g/mol. The van der Waals surface area contributed by atoms with Gasteiger partial charge in [-0.3, -0.25) is 14.9 Å². The molecule has 4 aromatic rings. The second-order valence-corrected chi connectivity index (χ2v) is 14.1. The Morgan fingerprint density at radius 2 is 1.51 bits per heavy atom. The molecule has 0 aromatic heterocycles. The number of phenolic OH excluding ortho intramolecular Hbond substituents is 1. The second-order valence-electron chi connectivity index (χ2n) is 14.1. The summed E-state index contributed by atoms with van der Waals surface area (Å²) in [5, 5.41) is 26.5. The minimum atomic E-state index is -0.517. The number of ether oxygens (including phenoxy) is 2. The molecule has 1 amide bonds. The minimum absolute atomic E-state index is 0.0295. The van der Waals surface area contributed by atoms with E-state index in [0.717, 1.165) is 24.8 Å². The smallest absolute Gasteiger partial charge is 0.269 e. The molecule has 250 valence electrons. The molecule has 0 heterocycles. The third-order valence-electron chi connectivity index (χ3n) is 8.24. The van der Waals surface area contributed by atoms with Crippen molar-refractivity contribution >= 4 is 28.1 Å². The summed E-state index contributed by atoms with van der Waals surface area (Å²) >= 11 is 0. The van der Waals surface area contributed by atoms with Gasteiger partial charge in [-0.2, -0.15) is 0 Å². The van der Waals surface area contributed by atoms with Crippen molar-refractivity contribution in [2.24, 2.45) is 5.41 Å². The summed E-state index contributed by atoms with van der Waals surface area (Å²) in [5.74, 6) is 0.573. The summed E-state index contributed by atoms with van der Waals surface area (Å²) in [6.07, 6.45) is 7.77. The van der Waals surface area contributed by atoms with Crippen molar-refractivity contribution in [1.82, 2.24) is 0 Å². The minimum Gasteiger partial charge on any atom is -0.506 e. The normalized spacial score (nSPS) is 11.8. The van der Waals surface area contributed by atoms with E-state index in [2.05, 4.69) is 52.9 Å². The third-order valence-corrected chi connectivity index (χ3v) is 8.24. The zero-order valence-electron chi connectivity index (χ0n) is 28.5. The number of nitrogens with zero attached hydrogens (tertiary/aromatic N) is 1. The summed E-state index contributed by atoms with van der Waals surface area (Å²) < 4.78 is 12.3. The summed E-state index contributed by atoms with van der Waals surface area (Å²) in [5.41, 5.74) is 1.49. The number of rotatable bonds is 15. The molecular weight excluding hydrogens is 592 g/mol. The zero-order valence-corrected chi connectivity index (χ0v) is 28.5. The number of hydrogen-bond acceptors (Lipinski definition) is 6. The number of nitrogens with one attached hydrogen (secondary N) is 1. The number of hydrogen-bond donors (Lipinski definition) is 2. The molecule has 4 rings (SSSR count). The first-order valence-electron chi connectivity index (χ1n) is 16.5. The molecule has 2 N–H and O–H groups in total. The fourth-order valence-corrected chi connectivity index (χ4v) is 6.20. The summed E-state index contributed by atoms with van der Waals surface area (Å²) in [4.78, 5) is 24.6. The van der Waals surface area contributed by atoms with Gasteiger partial charge in [-0.25, -0.2) is 0 Å². The SMILES string of the molecule is CCCCCCCCOc1ccc(C(C)(C)CC(C)(C)C)cc1NC(=O)c1cc(Oc2ccc([N+](=O)[O-])cc2)c2ccccc2c1O. The molecule has 4 aromatic carbocycles. The Hall–Kier alpha value is -4.59. The molecule has 8 heteroatoms. The number of nitro groups is 1. The number of aromatic hydroxyl groups is 1. The Bertz CT molecular complexity index is 1690. The van der Waals surface area contributed by atoms with Gasteiger partial charge < -0.3 is 19.9 Å². The lowest BCUT2D eigenvalue weighted by Crippen LogP contribution is -2.25. The van der Waals surface area contributed by atoms with Crippen molar-refractivity contribution in [3.05, 3.63) is 94.0 Å². The summed E-state index contributed by atoms with van der Waals surface area (Å²) in [6.45, 7) is 13.8. The van der Waals surface area contributed by atoms with Gasteiger partial charge in [0.25, 0.3) is 11.6 Å². The zero-order chi connectivity index (χ0) is 34.2. The summed E-state index contributed by atoms with van der Waals surface area (Å²) in [7, 11) is 0. The monoisotopic (exact) mass is 640 g/mol. The molecule has 0 spiro atoms. The van der Waals surface area contributed by atoms with Crippen LogP contribution >= 0.6 is 0 Å². The number of anilines is 1. The van der Waals surface area contributed by atoms with Crippen LogP contribution in [-0.2, 0) is 5.41 Å². The quantitative estimate of drug-likeness (QED) is 0.0760. The highest BCUT2D eigenvalue weighted by molar-refractivity contribution is 6.11. The lowest BCUT2D eigenvalue weighted by molar-refractivity contribution is -0.384. The number of carbonyl (C=O) groups excluding carboxylic acids is 1. The van der Waals surface area contributed by atoms with Gasteiger partial charge in [0.2, 0.25) is 0 Å². The molecule has 0 fully saturated rings. The molecule has 0 atom stereocenters. The van der Waals surface area contributed by atoms with E-state index in [0.29, 0.717) is 40.3 Å². The van der Waals surface area contributed by atoms with E-state index < -0.39 is 10.8 Å². The maximum absolute atomic E-state index is 14.0. The predicted octanol–water partition coefficient (Wildman–Crippen LogP) is 11.0. The van der Waals surface area contributed by atoms with Crippen LogP contribution < -0.4 is 14.8 Å². The number of unbranched alkanes of at least 4 members (excludes halogenated alkanes) is 5. The van der Waals surface area contributed by atoms with E-state index in [9.17, 15) is 20.0 Å². The number of fused-ring (bicyclic) bond motifs is 1. The molecule has 0 saturated heterocycles. The number of nitro benzene ring substituents is 1. The Morgan fingerprint density at radius 3 is 2.17 bits per heavy atom. The van der Waals surface area contributed by atoms with Crippen LogP contribution in [0.1, 0.15) is 102 Å². The van der Waals surface area contributed by atoms with Crippen LogP contribution in [0.3, 0.4) is 0 Å². The third kappa shape index (κ3) is 9.47. The molecule has 0 unspecified atom stereocenters. The Balaban J connectivity index is 1.66. The molecule has 0 saturated carbocycles. The van der Waals surface area contributed by atoms with E-state index in [4.69, 9.17) is 9.47 Å². The number of benzene rings is 4. The number of non-ortho nitro benzene ring substituents is 1. The molecular formula is C39H48N2O6. The molecule has 0 aliphatic rings. The highest BCUT2D eigenvalue weighted by Gasteiger charge is 2.29. The molecule has 0 aliphatic carbocycles. The molecule has 47 heavy (non-hydrogen) atoms. The van der Waals surface area contributed by atoms with Gasteiger partial charge in [-0.05, 0) is 59.6 Å². The fourth-order valence-electron chi connectivity index (χ4n) is 6.20. The Kier molecular flexibility index (Phi) is 11.5. The van der Waals surface area contributed by atoms with Gasteiger partial charge in [0.05, 0.1) is 22.8 Å². The highest BCUT2D eigenvalue weighted by Crippen LogP contribution is 2.41. The predicted molar refractivity (Wildman–Crippen MR) is 189 cm³/mol. The van der Waals surface area contributed by atoms with E-state index >= 15 is 0 Å². The van der Waals surface area contributed by atoms with Gasteiger partial charge in [0, 0.05) is 22.9 Å². The maximum atomic E-state index is 14.0. The number of phenols is 1. The first kappa shape index (κ1) is 35.3. The molecule has 0 bridgehead atoms. The van der Waals surface area contributed by atoms with Crippen LogP contribution in [0, 0.1) is 15.5 Å². The molecule has 8 nitrogen and oxygen atoms in total. The topological polar surface area (TPSA) is 111 Å². The molecule has 0 aliphatic heterocycles. The fraction of sp³-hybridized carbons (Fsp3) is 0.410. The van der Waals surface area contributed by atoms with Crippen molar-refractivity contribution in [3.8, 4) is 23.0 Å². The lowest BCUT2D eigenvalue weighted by Gasteiger charge is -2.33. The molecule has 0 radical (unpaired) electrons. The number of amides is 1. The van der Waals surface area contributed by atoms with Crippen molar-refractivity contribution in [3.63, 3.8) is 0 Å². The van der Waals surface area contributed by atoms with Gasteiger partial charge in [-0.1, -0.05) is 104 Å². The second kappa shape index (κ2) is 15.3. The van der Waals surface area contributed by atoms with E-state index in [1.807, 2.05) is 18.2 Å². The van der Waals surface area contributed by atoms with Crippen LogP contribution in [0.2, 0.25) is 0 Å². The van der Waals surface area contributed by atoms with Crippen molar-refractivity contribution < 1.29 is 24.3 Å². The largest absolute Gasteiger partial charge is 0.506 e. The standard InChI is InChI=1S/C39H48N2O6/c1-7-8-9-10-11-14-23-46-34-22-17-27(39(5,6)26-38(2,3)4)24-33(34)40-37(43)32-25-35(30-15-12-13-16-31(30)36(32)42)47-29-20-18-28(19-21-29)41(44)45/h12-13,15-22,24-25,42H,7-11,14,23,26H2,1-6H3,(H,40,43). The van der Waals surface area contributed by atoms with Crippen molar-refractivity contribution in [2.75, 3.05) is 11.9 Å². The van der Waals surface area contributed by atoms with Crippen LogP contribution in [0.25, 0.3) is 10.8 Å². The number of carbonyl (C=O) groups is 1. The van der Waals surface area contributed by atoms with Gasteiger partial charge in [0.1, 0.15) is 23.0 Å². The van der Waals surface area contributed by atoms with Gasteiger partial charge in [-0.15, -0.1) is 0 Å². The van der Waals surface area contributed by atoms with Crippen molar-refractivity contribution in [2.45, 2.75) is 91.9 Å². The maximum Gasteiger partial charge on any atom is 0.269 e.